The summed E-state index contributed by atoms with van der Waals surface area (Å²) in [4.78, 5) is 0. The molecule has 1 saturated heterocycles. The molecule has 76 valence electrons. The van der Waals surface area contributed by atoms with E-state index in [9.17, 15) is 0 Å². The number of hydrogen-bond donors (Lipinski definition) is 2. The molecule has 1 aromatic rings. The van der Waals surface area contributed by atoms with Crippen molar-refractivity contribution in [3.05, 3.63) is 18.0 Å². The third kappa shape index (κ3) is 1.26. The molecule has 0 radical (unpaired) electrons. The first-order valence-electron chi connectivity index (χ1n) is 5.32. The maximum atomic E-state index is 6.11. The molecule has 0 bridgehead atoms. The van der Waals surface area contributed by atoms with Crippen LogP contribution in [0, 0.1) is 0 Å². The number of hydrogen-bond acceptors (Lipinski definition) is 3. The Morgan fingerprint density at radius 2 is 2.43 bits per heavy atom. The smallest absolute Gasteiger partial charge is 0.0655 e. The Hall–Kier alpha value is -0.870. The molecule has 2 fully saturated rings. The molecule has 1 aromatic heterocycles. The maximum absolute atomic E-state index is 6.11. The predicted molar refractivity (Wildman–Crippen MR) is 53.9 cm³/mol. The molecule has 3 rings (SSSR count). The van der Waals surface area contributed by atoms with Crippen molar-refractivity contribution < 1.29 is 0 Å². The lowest BCUT2D eigenvalue weighted by atomic mass is 10.1. The van der Waals surface area contributed by atoms with Crippen molar-refractivity contribution in [2.75, 3.05) is 13.1 Å². The van der Waals surface area contributed by atoms with Gasteiger partial charge < -0.3 is 11.1 Å². The molecular weight excluding hydrogens is 176 g/mol. The lowest BCUT2D eigenvalue weighted by Crippen LogP contribution is -2.18. The van der Waals surface area contributed by atoms with Crippen molar-refractivity contribution >= 4 is 0 Å². The summed E-state index contributed by atoms with van der Waals surface area (Å²) < 4.78 is 2.07. The van der Waals surface area contributed by atoms with Gasteiger partial charge in [0.2, 0.25) is 0 Å². The van der Waals surface area contributed by atoms with Crippen LogP contribution < -0.4 is 11.1 Å². The fourth-order valence-corrected chi connectivity index (χ4v) is 2.08. The largest absolute Gasteiger partial charge is 0.321 e. The van der Waals surface area contributed by atoms with Crippen molar-refractivity contribution in [2.45, 2.75) is 30.8 Å². The number of rotatable bonds is 2. The van der Waals surface area contributed by atoms with Gasteiger partial charge in [0.15, 0.2) is 0 Å². The van der Waals surface area contributed by atoms with Crippen molar-refractivity contribution in [3.63, 3.8) is 0 Å². The molecule has 1 saturated carbocycles. The molecule has 4 heteroatoms. The van der Waals surface area contributed by atoms with Gasteiger partial charge in [-0.25, -0.2) is 0 Å². The molecule has 14 heavy (non-hydrogen) atoms. The second kappa shape index (κ2) is 2.81. The molecule has 0 aromatic carbocycles. The van der Waals surface area contributed by atoms with Crippen LogP contribution in [0.15, 0.2) is 12.4 Å². The van der Waals surface area contributed by atoms with Crippen LogP contribution in [0.1, 0.15) is 30.9 Å². The predicted octanol–water partition coefficient (Wildman–Crippen LogP) is 0.365. The van der Waals surface area contributed by atoms with Gasteiger partial charge in [-0.05, 0) is 25.8 Å². The molecular formula is C10H16N4. The SMILES string of the molecule is NC1(c2cnn(C3CCNC3)c2)CC1. The van der Waals surface area contributed by atoms with Gasteiger partial charge in [-0.3, -0.25) is 4.68 Å². The number of nitrogens with two attached hydrogens (primary N) is 1. The minimum atomic E-state index is -0.0374. The van der Waals surface area contributed by atoms with E-state index in [2.05, 4.69) is 21.3 Å². The van der Waals surface area contributed by atoms with E-state index in [1.165, 1.54) is 12.0 Å². The third-order valence-corrected chi connectivity index (χ3v) is 3.37. The van der Waals surface area contributed by atoms with Gasteiger partial charge in [0.25, 0.3) is 0 Å². The second-order valence-corrected chi connectivity index (χ2v) is 4.51. The molecule has 2 aliphatic rings. The molecule has 0 spiro atoms. The highest BCUT2D eigenvalue weighted by atomic mass is 15.3. The van der Waals surface area contributed by atoms with Crippen molar-refractivity contribution in [1.29, 1.82) is 0 Å². The average Bonchev–Trinajstić information content (AvgIpc) is 2.73. The topological polar surface area (TPSA) is 55.9 Å². The van der Waals surface area contributed by atoms with Crippen LogP contribution in [0.3, 0.4) is 0 Å². The summed E-state index contributed by atoms with van der Waals surface area (Å²) in [6.45, 7) is 2.15. The summed E-state index contributed by atoms with van der Waals surface area (Å²) in [5.41, 5.74) is 7.29. The minimum absolute atomic E-state index is 0.0374. The molecule has 2 heterocycles. The third-order valence-electron chi connectivity index (χ3n) is 3.37. The standard InChI is InChI=1S/C10H16N4/c11-10(2-3-10)8-5-13-14(7-8)9-1-4-12-6-9/h5,7,9,12H,1-4,6,11H2. The molecule has 4 nitrogen and oxygen atoms in total. The van der Waals surface area contributed by atoms with Gasteiger partial charge in [0.05, 0.1) is 12.2 Å². The zero-order valence-electron chi connectivity index (χ0n) is 8.24. The molecule has 1 unspecified atom stereocenters. The van der Waals surface area contributed by atoms with Gasteiger partial charge in [-0.2, -0.15) is 5.10 Å². The first kappa shape index (κ1) is 8.44. The summed E-state index contributed by atoms with van der Waals surface area (Å²) in [6, 6.07) is 0.533. The quantitative estimate of drug-likeness (QED) is 0.711. The molecule has 3 N–H and O–H groups in total. The van der Waals surface area contributed by atoms with Crippen molar-refractivity contribution in [2.24, 2.45) is 5.73 Å². The van der Waals surface area contributed by atoms with Gasteiger partial charge in [-0.15, -0.1) is 0 Å². The molecule has 0 amide bonds. The summed E-state index contributed by atoms with van der Waals surface area (Å²) >= 11 is 0. The summed E-state index contributed by atoms with van der Waals surface area (Å²) in [6.07, 6.45) is 7.47. The van der Waals surface area contributed by atoms with E-state index in [0.717, 1.165) is 25.9 Å². The zero-order chi connectivity index (χ0) is 9.60. The van der Waals surface area contributed by atoms with Crippen LogP contribution >= 0.6 is 0 Å². The van der Waals surface area contributed by atoms with Crippen LogP contribution in [-0.2, 0) is 5.54 Å². The van der Waals surface area contributed by atoms with E-state index >= 15 is 0 Å². The Kier molecular flexibility index (Phi) is 1.69. The highest BCUT2D eigenvalue weighted by Crippen LogP contribution is 2.42. The highest BCUT2D eigenvalue weighted by Gasteiger charge is 2.41. The Bertz CT molecular complexity index is 334. The number of aromatic nitrogens is 2. The first-order valence-corrected chi connectivity index (χ1v) is 5.32. The van der Waals surface area contributed by atoms with Crippen LogP contribution in [0.4, 0.5) is 0 Å². The minimum Gasteiger partial charge on any atom is -0.321 e. The fraction of sp³-hybridized carbons (Fsp3) is 0.700. The van der Waals surface area contributed by atoms with Crippen LogP contribution in [0.2, 0.25) is 0 Å². The van der Waals surface area contributed by atoms with Gasteiger partial charge in [-0.1, -0.05) is 0 Å². The van der Waals surface area contributed by atoms with Gasteiger partial charge in [0, 0.05) is 23.8 Å². The fourth-order valence-electron chi connectivity index (χ4n) is 2.08. The van der Waals surface area contributed by atoms with Crippen molar-refractivity contribution in [1.82, 2.24) is 15.1 Å². The summed E-state index contributed by atoms with van der Waals surface area (Å²) in [5, 5.41) is 7.74. The lowest BCUT2D eigenvalue weighted by Gasteiger charge is -2.08. The van der Waals surface area contributed by atoms with E-state index in [0.29, 0.717) is 6.04 Å². The Morgan fingerprint density at radius 1 is 1.57 bits per heavy atom. The lowest BCUT2D eigenvalue weighted by molar-refractivity contribution is 0.489. The van der Waals surface area contributed by atoms with Crippen molar-refractivity contribution in [3.8, 4) is 0 Å². The van der Waals surface area contributed by atoms with E-state index in [-0.39, 0.29) is 5.54 Å². The molecule has 1 aliphatic carbocycles. The Labute approximate surface area is 83.5 Å². The van der Waals surface area contributed by atoms with E-state index in [1.807, 2.05) is 6.20 Å². The molecule has 1 aliphatic heterocycles. The molecule has 1 atom stereocenters. The number of nitrogens with zero attached hydrogens (tertiary/aromatic N) is 2. The average molecular weight is 192 g/mol. The van der Waals surface area contributed by atoms with Gasteiger partial charge in [0.1, 0.15) is 0 Å². The zero-order valence-corrected chi connectivity index (χ0v) is 8.24. The Balaban J connectivity index is 1.82. The summed E-state index contributed by atoms with van der Waals surface area (Å²) in [7, 11) is 0. The van der Waals surface area contributed by atoms with E-state index in [1.54, 1.807) is 0 Å². The number of nitrogens with one attached hydrogen (secondary N) is 1. The van der Waals surface area contributed by atoms with Crippen LogP contribution in [0.5, 0.6) is 0 Å². The van der Waals surface area contributed by atoms with E-state index < -0.39 is 0 Å². The Morgan fingerprint density at radius 3 is 3.07 bits per heavy atom. The normalized spacial score (nSPS) is 29.4. The summed E-state index contributed by atoms with van der Waals surface area (Å²) in [5.74, 6) is 0. The monoisotopic (exact) mass is 192 g/mol. The van der Waals surface area contributed by atoms with Crippen LogP contribution in [0.25, 0.3) is 0 Å². The second-order valence-electron chi connectivity index (χ2n) is 4.51. The van der Waals surface area contributed by atoms with E-state index in [4.69, 9.17) is 5.73 Å². The first-order chi connectivity index (χ1) is 6.78. The highest BCUT2D eigenvalue weighted by molar-refractivity contribution is 5.24. The van der Waals surface area contributed by atoms with Gasteiger partial charge >= 0.3 is 0 Å². The maximum Gasteiger partial charge on any atom is 0.0655 e. The van der Waals surface area contributed by atoms with Crippen LogP contribution in [-0.4, -0.2) is 22.9 Å².